The van der Waals surface area contributed by atoms with Gasteiger partial charge < -0.3 is 9.47 Å². The Morgan fingerprint density at radius 3 is 2.87 bits per heavy atom. The minimum absolute atomic E-state index is 0.456. The van der Waals surface area contributed by atoms with E-state index in [1.165, 1.54) is 37.8 Å². The molecule has 0 spiro atoms. The predicted molar refractivity (Wildman–Crippen MR) is 88.3 cm³/mol. The number of ether oxygens (including phenoxy) is 2. The third-order valence-electron chi connectivity index (χ3n) is 5.79. The molecule has 5 heteroatoms. The lowest BCUT2D eigenvalue weighted by atomic mass is 9.86. The summed E-state index contributed by atoms with van der Waals surface area (Å²) in [5.41, 5.74) is 1.35. The molecule has 1 saturated carbocycles. The fraction of sp³-hybridized carbons (Fsp3) is 0.833. The smallest absolute Gasteiger partial charge is 0.0672 e. The molecule has 0 bridgehead atoms. The Labute approximate surface area is 138 Å². The van der Waals surface area contributed by atoms with Crippen LogP contribution in [0.15, 0.2) is 12.3 Å². The van der Waals surface area contributed by atoms with E-state index in [2.05, 4.69) is 20.7 Å². The zero-order valence-corrected chi connectivity index (χ0v) is 14.0. The number of fused-ring (bicyclic) bond motifs is 1. The lowest BCUT2D eigenvalue weighted by Gasteiger charge is -2.40. The van der Waals surface area contributed by atoms with Crippen LogP contribution in [0.3, 0.4) is 0 Å². The summed E-state index contributed by atoms with van der Waals surface area (Å²) < 4.78 is 13.7. The highest BCUT2D eigenvalue weighted by Crippen LogP contribution is 2.29. The summed E-state index contributed by atoms with van der Waals surface area (Å²) in [7, 11) is 0. The van der Waals surface area contributed by atoms with E-state index in [0.29, 0.717) is 12.1 Å². The number of rotatable bonds is 6. The maximum atomic E-state index is 5.93. The molecule has 23 heavy (non-hydrogen) atoms. The molecule has 4 rings (SSSR count). The summed E-state index contributed by atoms with van der Waals surface area (Å²) in [5.74, 6) is 0.834. The molecule has 1 aromatic rings. The van der Waals surface area contributed by atoms with Crippen LogP contribution in [0.1, 0.15) is 50.3 Å². The Balaban J connectivity index is 1.33. The fourth-order valence-corrected chi connectivity index (χ4v) is 4.09. The van der Waals surface area contributed by atoms with E-state index in [1.54, 1.807) is 0 Å². The van der Waals surface area contributed by atoms with E-state index < -0.39 is 0 Å². The van der Waals surface area contributed by atoms with Gasteiger partial charge in [-0.05, 0) is 44.1 Å². The molecule has 5 nitrogen and oxygen atoms in total. The SMILES string of the molecule is c1cc2n(n1)C(CCOCC1CCC1)CN(C1CCOCC1)C2. The van der Waals surface area contributed by atoms with Crippen molar-refractivity contribution in [2.45, 2.75) is 57.2 Å². The van der Waals surface area contributed by atoms with Gasteiger partial charge in [-0.3, -0.25) is 9.58 Å². The Morgan fingerprint density at radius 1 is 1.22 bits per heavy atom. The molecule has 1 unspecified atom stereocenters. The van der Waals surface area contributed by atoms with Gasteiger partial charge in [0.05, 0.1) is 11.7 Å². The van der Waals surface area contributed by atoms with E-state index in [0.717, 1.165) is 51.9 Å². The number of aromatic nitrogens is 2. The van der Waals surface area contributed by atoms with E-state index in [9.17, 15) is 0 Å². The monoisotopic (exact) mass is 319 g/mol. The maximum absolute atomic E-state index is 5.93. The van der Waals surface area contributed by atoms with Crippen molar-refractivity contribution in [1.82, 2.24) is 14.7 Å². The van der Waals surface area contributed by atoms with Gasteiger partial charge in [-0.25, -0.2) is 0 Å². The summed E-state index contributed by atoms with van der Waals surface area (Å²) in [6.45, 7) is 5.78. The first-order valence-electron chi connectivity index (χ1n) is 9.32. The van der Waals surface area contributed by atoms with Gasteiger partial charge in [-0.2, -0.15) is 5.10 Å². The van der Waals surface area contributed by atoms with Gasteiger partial charge in [-0.1, -0.05) is 6.42 Å². The molecular formula is C18H29N3O2. The van der Waals surface area contributed by atoms with Crippen LogP contribution in [0.25, 0.3) is 0 Å². The van der Waals surface area contributed by atoms with Crippen molar-refractivity contribution in [3.05, 3.63) is 18.0 Å². The van der Waals surface area contributed by atoms with Crippen molar-refractivity contribution in [3.8, 4) is 0 Å². The molecule has 1 saturated heterocycles. The first-order valence-corrected chi connectivity index (χ1v) is 9.32. The number of hydrogen-bond donors (Lipinski definition) is 0. The van der Waals surface area contributed by atoms with Crippen molar-refractivity contribution in [2.24, 2.45) is 5.92 Å². The second-order valence-electron chi connectivity index (χ2n) is 7.35. The van der Waals surface area contributed by atoms with Gasteiger partial charge in [0, 0.05) is 51.8 Å². The van der Waals surface area contributed by atoms with Crippen molar-refractivity contribution in [2.75, 3.05) is 33.0 Å². The molecule has 0 radical (unpaired) electrons. The second-order valence-corrected chi connectivity index (χ2v) is 7.35. The normalized spacial score (nSPS) is 26.9. The Hall–Kier alpha value is -0.910. The van der Waals surface area contributed by atoms with Crippen LogP contribution in [0.5, 0.6) is 0 Å². The Kier molecular flexibility index (Phi) is 4.97. The summed E-state index contributed by atoms with van der Waals surface area (Å²) in [5, 5.41) is 4.57. The molecule has 2 fully saturated rings. The van der Waals surface area contributed by atoms with Crippen molar-refractivity contribution >= 4 is 0 Å². The molecule has 0 N–H and O–H groups in total. The van der Waals surface area contributed by atoms with E-state index in [1.807, 2.05) is 6.20 Å². The topological polar surface area (TPSA) is 39.5 Å². The highest BCUT2D eigenvalue weighted by molar-refractivity contribution is 5.06. The lowest BCUT2D eigenvalue weighted by Crippen LogP contribution is -2.46. The van der Waals surface area contributed by atoms with Gasteiger partial charge >= 0.3 is 0 Å². The average Bonchev–Trinajstić information content (AvgIpc) is 3.02. The van der Waals surface area contributed by atoms with Crippen molar-refractivity contribution < 1.29 is 9.47 Å². The summed E-state index contributed by atoms with van der Waals surface area (Å²) >= 11 is 0. The van der Waals surface area contributed by atoms with Gasteiger partial charge in [0.1, 0.15) is 0 Å². The van der Waals surface area contributed by atoms with Crippen LogP contribution in [0.2, 0.25) is 0 Å². The van der Waals surface area contributed by atoms with E-state index >= 15 is 0 Å². The number of nitrogens with zero attached hydrogens (tertiary/aromatic N) is 3. The van der Waals surface area contributed by atoms with Crippen LogP contribution in [-0.4, -0.2) is 53.7 Å². The van der Waals surface area contributed by atoms with Crippen molar-refractivity contribution in [1.29, 1.82) is 0 Å². The summed E-state index contributed by atoms with van der Waals surface area (Å²) in [6, 6.07) is 3.30. The van der Waals surface area contributed by atoms with Crippen LogP contribution in [0.4, 0.5) is 0 Å². The van der Waals surface area contributed by atoms with Crippen LogP contribution >= 0.6 is 0 Å². The Bertz CT molecular complexity index is 494. The molecule has 3 heterocycles. The average molecular weight is 319 g/mol. The summed E-state index contributed by atoms with van der Waals surface area (Å²) in [4.78, 5) is 2.65. The third kappa shape index (κ3) is 3.62. The molecule has 0 amide bonds. The first kappa shape index (κ1) is 15.6. The quantitative estimate of drug-likeness (QED) is 0.756. The van der Waals surface area contributed by atoms with Gasteiger partial charge in [-0.15, -0.1) is 0 Å². The molecule has 1 atom stereocenters. The highest BCUT2D eigenvalue weighted by atomic mass is 16.5. The fourth-order valence-electron chi connectivity index (χ4n) is 4.09. The predicted octanol–water partition coefficient (Wildman–Crippen LogP) is 2.63. The molecule has 2 aliphatic heterocycles. The molecular weight excluding hydrogens is 290 g/mol. The minimum Gasteiger partial charge on any atom is -0.381 e. The largest absolute Gasteiger partial charge is 0.381 e. The molecule has 128 valence electrons. The minimum atomic E-state index is 0.456. The molecule has 3 aliphatic rings. The van der Waals surface area contributed by atoms with Gasteiger partial charge in [0.25, 0.3) is 0 Å². The van der Waals surface area contributed by atoms with Crippen LogP contribution < -0.4 is 0 Å². The van der Waals surface area contributed by atoms with E-state index in [4.69, 9.17) is 9.47 Å². The highest BCUT2D eigenvalue weighted by Gasteiger charge is 2.30. The number of hydrogen-bond acceptors (Lipinski definition) is 4. The van der Waals surface area contributed by atoms with Crippen LogP contribution in [0, 0.1) is 5.92 Å². The molecule has 1 aliphatic carbocycles. The first-order chi connectivity index (χ1) is 11.4. The summed E-state index contributed by atoms with van der Waals surface area (Å²) in [6.07, 6.45) is 9.48. The maximum Gasteiger partial charge on any atom is 0.0672 e. The third-order valence-corrected chi connectivity index (χ3v) is 5.79. The zero-order chi connectivity index (χ0) is 15.5. The Morgan fingerprint density at radius 2 is 2.09 bits per heavy atom. The lowest BCUT2D eigenvalue weighted by molar-refractivity contribution is 0.00952. The molecule has 1 aromatic heterocycles. The second kappa shape index (κ2) is 7.32. The van der Waals surface area contributed by atoms with Gasteiger partial charge in [0.15, 0.2) is 0 Å². The van der Waals surface area contributed by atoms with Crippen molar-refractivity contribution in [3.63, 3.8) is 0 Å². The van der Waals surface area contributed by atoms with E-state index in [-0.39, 0.29) is 0 Å². The van der Waals surface area contributed by atoms with Crippen LogP contribution in [-0.2, 0) is 16.0 Å². The standard InChI is InChI=1S/C18H29N3O2/c1-2-15(3-1)14-23-11-7-18-13-20(16-5-9-22-10-6-16)12-17-4-8-19-21(17)18/h4,8,15-16,18H,1-3,5-7,9-14H2. The molecule has 0 aromatic carbocycles. The van der Waals surface area contributed by atoms with Gasteiger partial charge in [0.2, 0.25) is 0 Å². The zero-order valence-electron chi connectivity index (χ0n) is 14.0.